The van der Waals surface area contributed by atoms with Crippen molar-refractivity contribution in [1.82, 2.24) is 4.98 Å². The molecule has 0 amide bonds. The first kappa shape index (κ1) is 11.9. The van der Waals surface area contributed by atoms with Gasteiger partial charge < -0.3 is 4.42 Å². The highest BCUT2D eigenvalue weighted by molar-refractivity contribution is 5.64. The van der Waals surface area contributed by atoms with Gasteiger partial charge in [0.25, 0.3) is 0 Å². The fourth-order valence-electron chi connectivity index (χ4n) is 1.85. The Labute approximate surface area is 103 Å². The lowest BCUT2D eigenvalue weighted by atomic mass is 9.85. The van der Waals surface area contributed by atoms with Crippen molar-refractivity contribution in [3.8, 4) is 11.3 Å². The molecule has 0 radical (unpaired) electrons. The van der Waals surface area contributed by atoms with Crippen LogP contribution in [0.2, 0.25) is 0 Å². The van der Waals surface area contributed by atoms with Crippen molar-refractivity contribution in [2.24, 2.45) is 0 Å². The molecule has 0 unspecified atom stereocenters. The maximum absolute atomic E-state index is 5.29. The van der Waals surface area contributed by atoms with Gasteiger partial charge in [0, 0.05) is 12.5 Å². The zero-order valence-corrected chi connectivity index (χ0v) is 11.2. The minimum absolute atomic E-state index is 0.154. The zero-order valence-electron chi connectivity index (χ0n) is 11.2. The molecule has 0 N–H and O–H groups in total. The smallest absolute Gasteiger partial charge is 0.191 e. The molecule has 1 aromatic heterocycles. The van der Waals surface area contributed by atoms with Crippen LogP contribution in [-0.4, -0.2) is 4.98 Å². The highest BCUT2D eigenvalue weighted by atomic mass is 16.3. The summed E-state index contributed by atoms with van der Waals surface area (Å²) in [4.78, 5) is 4.40. The van der Waals surface area contributed by atoms with Gasteiger partial charge in [-0.1, -0.05) is 32.9 Å². The molecule has 0 spiro atoms. The molecule has 0 atom stereocenters. The van der Waals surface area contributed by atoms with Crippen LogP contribution in [0, 0.1) is 13.8 Å². The largest absolute Gasteiger partial charge is 0.449 e. The molecule has 90 valence electrons. The summed E-state index contributed by atoms with van der Waals surface area (Å²) in [5, 5.41) is 0. The second-order valence-corrected chi connectivity index (χ2v) is 5.53. The van der Waals surface area contributed by atoms with Crippen LogP contribution in [-0.2, 0) is 5.41 Å². The third kappa shape index (κ3) is 2.41. The Bertz CT molecular complexity index is 532. The fourth-order valence-corrected chi connectivity index (χ4v) is 1.85. The number of nitrogens with zero attached hydrogens (tertiary/aromatic N) is 1. The molecule has 0 saturated heterocycles. The van der Waals surface area contributed by atoms with Crippen LogP contribution in [0.15, 0.2) is 28.9 Å². The molecule has 2 rings (SSSR count). The van der Waals surface area contributed by atoms with Gasteiger partial charge in [-0.3, -0.25) is 0 Å². The molecule has 2 heteroatoms. The van der Waals surface area contributed by atoms with Gasteiger partial charge in [-0.15, -0.1) is 0 Å². The molecular formula is C15H19NO. The fraction of sp³-hybridized carbons (Fsp3) is 0.400. The van der Waals surface area contributed by atoms with Gasteiger partial charge in [-0.05, 0) is 29.5 Å². The molecule has 2 nitrogen and oxygen atoms in total. The van der Waals surface area contributed by atoms with Crippen LogP contribution in [0.4, 0.5) is 0 Å². The lowest BCUT2D eigenvalue weighted by Crippen LogP contribution is -2.11. The summed E-state index contributed by atoms with van der Waals surface area (Å²) in [5.41, 5.74) is 4.78. The van der Waals surface area contributed by atoms with Gasteiger partial charge in [0.2, 0.25) is 0 Å². The lowest BCUT2D eigenvalue weighted by molar-refractivity contribution is 0.521. The molecule has 0 aliphatic rings. The van der Waals surface area contributed by atoms with Crippen molar-refractivity contribution in [2.45, 2.75) is 40.0 Å². The minimum atomic E-state index is 0.154. The Kier molecular flexibility index (Phi) is 2.82. The second-order valence-electron chi connectivity index (χ2n) is 5.53. The SMILES string of the molecule is Cc1nc(-c2cc(C(C)(C)C)ccc2C)co1. The van der Waals surface area contributed by atoms with Gasteiger partial charge in [0.1, 0.15) is 12.0 Å². The van der Waals surface area contributed by atoms with Crippen molar-refractivity contribution < 1.29 is 4.42 Å². The van der Waals surface area contributed by atoms with E-state index in [4.69, 9.17) is 4.42 Å². The molecule has 0 bridgehead atoms. The number of aryl methyl sites for hydroxylation is 2. The summed E-state index contributed by atoms with van der Waals surface area (Å²) in [6.07, 6.45) is 1.73. The summed E-state index contributed by atoms with van der Waals surface area (Å²) >= 11 is 0. The Morgan fingerprint density at radius 1 is 1.12 bits per heavy atom. The van der Waals surface area contributed by atoms with Crippen molar-refractivity contribution in [1.29, 1.82) is 0 Å². The topological polar surface area (TPSA) is 26.0 Å². The Hall–Kier alpha value is -1.57. The number of aromatic nitrogens is 1. The molecule has 0 saturated carbocycles. The quantitative estimate of drug-likeness (QED) is 0.730. The van der Waals surface area contributed by atoms with E-state index < -0.39 is 0 Å². The van der Waals surface area contributed by atoms with E-state index >= 15 is 0 Å². The zero-order chi connectivity index (χ0) is 12.6. The molecule has 2 aromatic rings. The van der Waals surface area contributed by atoms with E-state index in [2.05, 4.69) is 50.9 Å². The highest BCUT2D eigenvalue weighted by Gasteiger charge is 2.16. The van der Waals surface area contributed by atoms with Crippen LogP contribution in [0.1, 0.15) is 37.8 Å². The standard InChI is InChI=1S/C15H19NO/c1-10-6-7-12(15(3,4)5)8-13(10)14-9-17-11(2)16-14/h6-9H,1-5H3. The van der Waals surface area contributed by atoms with Gasteiger partial charge in [0.05, 0.1) is 0 Å². The van der Waals surface area contributed by atoms with Gasteiger partial charge in [-0.2, -0.15) is 0 Å². The normalized spacial score (nSPS) is 11.8. The van der Waals surface area contributed by atoms with Crippen molar-refractivity contribution in [2.75, 3.05) is 0 Å². The number of hydrogen-bond acceptors (Lipinski definition) is 2. The van der Waals surface area contributed by atoms with E-state index in [9.17, 15) is 0 Å². The monoisotopic (exact) mass is 229 g/mol. The molecule has 0 aliphatic carbocycles. The molecule has 0 fully saturated rings. The maximum atomic E-state index is 5.29. The first-order chi connectivity index (χ1) is 7.88. The van der Waals surface area contributed by atoms with E-state index in [1.165, 1.54) is 11.1 Å². The first-order valence-electron chi connectivity index (χ1n) is 5.91. The summed E-state index contributed by atoms with van der Waals surface area (Å²) in [6.45, 7) is 10.6. The highest BCUT2D eigenvalue weighted by Crippen LogP contribution is 2.29. The second kappa shape index (κ2) is 4.02. The van der Waals surface area contributed by atoms with E-state index in [0.717, 1.165) is 11.3 Å². The Balaban J connectivity index is 2.54. The average molecular weight is 229 g/mol. The number of oxazole rings is 1. The van der Waals surface area contributed by atoms with E-state index in [0.29, 0.717) is 5.89 Å². The lowest BCUT2D eigenvalue weighted by Gasteiger charge is -2.20. The number of hydrogen-bond donors (Lipinski definition) is 0. The average Bonchev–Trinajstić information content (AvgIpc) is 2.63. The Morgan fingerprint density at radius 2 is 1.82 bits per heavy atom. The molecule has 1 aromatic carbocycles. The van der Waals surface area contributed by atoms with Gasteiger partial charge in [0.15, 0.2) is 5.89 Å². The molecule has 1 heterocycles. The molecule has 0 aliphatic heterocycles. The van der Waals surface area contributed by atoms with E-state index in [-0.39, 0.29) is 5.41 Å². The maximum Gasteiger partial charge on any atom is 0.191 e. The third-order valence-electron chi connectivity index (χ3n) is 3.00. The van der Waals surface area contributed by atoms with Gasteiger partial charge >= 0.3 is 0 Å². The molecular weight excluding hydrogens is 210 g/mol. The summed E-state index contributed by atoms with van der Waals surface area (Å²) in [7, 11) is 0. The predicted octanol–water partition coefficient (Wildman–Crippen LogP) is 4.26. The van der Waals surface area contributed by atoms with Crippen LogP contribution in [0.5, 0.6) is 0 Å². The summed E-state index contributed by atoms with van der Waals surface area (Å²) in [6, 6.07) is 6.55. The van der Waals surface area contributed by atoms with Crippen molar-refractivity contribution in [3.05, 3.63) is 41.5 Å². The Morgan fingerprint density at radius 3 is 2.35 bits per heavy atom. The van der Waals surface area contributed by atoms with E-state index in [1.807, 2.05) is 6.92 Å². The number of rotatable bonds is 1. The van der Waals surface area contributed by atoms with Crippen LogP contribution in [0.3, 0.4) is 0 Å². The summed E-state index contributed by atoms with van der Waals surface area (Å²) in [5.74, 6) is 0.709. The van der Waals surface area contributed by atoms with Gasteiger partial charge in [-0.25, -0.2) is 4.98 Å². The van der Waals surface area contributed by atoms with Crippen LogP contribution >= 0.6 is 0 Å². The van der Waals surface area contributed by atoms with Crippen molar-refractivity contribution in [3.63, 3.8) is 0 Å². The summed E-state index contributed by atoms with van der Waals surface area (Å²) < 4.78 is 5.29. The third-order valence-corrected chi connectivity index (χ3v) is 3.00. The predicted molar refractivity (Wildman–Crippen MR) is 70.1 cm³/mol. The number of benzene rings is 1. The first-order valence-corrected chi connectivity index (χ1v) is 5.91. The minimum Gasteiger partial charge on any atom is -0.449 e. The van der Waals surface area contributed by atoms with Crippen molar-refractivity contribution >= 4 is 0 Å². The van der Waals surface area contributed by atoms with E-state index in [1.54, 1.807) is 6.26 Å². The molecule has 17 heavy (non-hydrogen) atoms. The van der Waals surface area contributed by atoms with Crippen LogP contribution < -0.4 is 0 Å². The van der Waals surface area contributed by atoms with Crippen LogP contribution in [0.25, 0.3) is 11.3 Å².